The number of hydrogen-bond acceptors (Lipinski definition) is 3. The summed E-state index contributed by atoms with van der Waals surface area (Å²) in [7, 11) is -1.23. The highest BCUT2D eigenvalue weighted by atomic mass is 32.2. The fraction of sp³-hybridized carbons (Fsp3) is 0.154. The van der Waals surface area contributed by atoms with E-state index in [0.29, 0.717) is 10.7 Å². The molecule has 0 fully saturated rings. The number of nitrogens with zero attached hydrogens (tertiary/aromatic N) is 1. The van der Waals surface area contributed by atoms with Gasteiger partial charge in [0.15, 0.2) is 5.03 Å². The average Bonchev–Trinajstić information content (AvgIpc) is 2.39. The molecule has 4 heteroatoms. The van der Waals surface area contributed by atoms with Gasteiger partial charge in [-0.1, -0.05) is 30.3 Å². The Bertz CT molecular complexity index is 528. The molecule has 2 aromatic rings. The van der Waals surface area contributed by atoms with Gasteiger partial charge in [-0.15, -0.1) is 0 Å². The van der Waals surface area contributed by atoms with Crippen LogP contribution < -0.4 is 5.73 Å². The highest BCUT2D eigenvalue weighted by molar-refractivity contribution is 7.85. The molecule has 1 aromatic heterocycles. The summed E-state index contributed by atoms with van der Waals surface area (Å²) >= 11 is 0. The molecular formula is C13H14N2OS. The van der Waals surface area contributed by atoms with Crippen molar-refractivity contribution in [1.29, 1.82) is 0 Å². The second-order valence-electron chi connectivity index (χ2n) is 3.75. The van der Waals surface area contributed by atoms with E-state index >= 15 is 0 Å². The third-order valence-electron chi connectivity index (χ3n) is 2.58. The Hall–Kier alpha value is -1.68. The first-order valence-corrected chi connectivity index (χ1v) is 6.57. The minimum atomic E-state index is -1.23. The van der Waals surface area contributed by atoms with Crippen LogP contribution in [0.1, 0.15) is 17.7 Å². The first-order valence-electron chi connectivity index (χ1n) is 5.36. The number of aromatic nitrogens is 1. The third-order valence-corrected chi connectivity index (χ3v) is 4.22. The van der Waals surface area contributed by atoms with Crippen LogP contribution in [0.25, 0.3) is 0 Å². The highest BCUT2D eigenvalue weighted by Gasteiger charge is 2.18. The van der Waals surface area contributed by atoms with E-state index in [1.54, 1.807) is 18.3 Å². The lowest BCUT2D eigenvalue weighted by Crippen LogP contribution is -2.07. The van der Waals surface area contributed by atoms with E-state index in [4.69, 9.17) is 5.73 Å². The number of rotatable bonds is 3. The van der Waals surface area contributed by atoms with Gasteiger partial charge in [0, 0.05) is 6.20 Å². The molecule has 2 atom stereocenters. The van der Waals surface area contributed by atoms with Gasteiger partial charge < -0.3 is 5.73 Å². The number of nitrogens with two attached hydrogens (primary N) is 1. The quantitative estimate of drug-likeness (QED) is 0.905. The molecular weight excluding hydrogens is 232 g/mol. The first kappa shape index (κ1) is 11.8. The Labute approximate surface area is 103 Å². The van der Waals surface area contributed by atoms with Crippen molar-refractivity contribution in [3.05, 3.63) is 54.2 Å². The van der Waals surface area contributed by atoms with Crippen molar-refractivity contribution in [2.75, 3.05) is 5.73 Å². The van der Waals surface area contributed by atoms with Gasteiger partial charge in [0.2, 0.25) is 0 Å². The van der Waals surface area contributed by atoms with Crippen molar-refractivity contribution in [3.63, 3.8) is 0 Å². The molecule has 2 N–H and O–H groups in total. The van der Waals surface area contributed by atoms with Crippen molar-refractivity contribution >= 4 is 16.5 Å². The zero-order valence-electron chi connectivity index (χ0n) is 9.54. The topological polar surface area (TPSA) is 56.0 Å². The largest absolute Gasteiger partial charge is 0.396 e. The number of anilines is 1. The second kappa shape index (κ2) is 5.10. The van der Waals surface area contributed by atoms with Gasteiger partial charge in [0.1, 0.15) is 0 Å². The van der Waals surface area contributed by atoms with Crippen molar-refractivity contribution in [2.45, 2.75) is 17.2 Å². The maximum absolute atomic E-state index is 12.3. The van der Waals surface area contributed by atoms with E-state index in [2.05, 4.69) is 4.98 Å². The van der Waals surface area contributed by atoms with Crippen molar-refractivity contribution in [3.8, 4) is 0 Å². The van der Waals surface area contributed by atoms with Gasteiger partial charge >= 0.3 is 0 Å². The van der Waals surface area contributed by atoms with E-state index in [1.165, 1.54) is 0 Å². The second-order valence-corrected chi connectivity index (χ2v) is 5.44. The Morgan fingerprint density at radius 2 is 1.88 bits per heavy atom. The Morgan fingerprint density at radius 1 is 1.18 bits per heavy atom. The minimum absolute atomic E-state index is 0.117. The number of hydrogen-bond donors (Lipinski definition) is 1. The molecule has 0 saturated carbocycles. The van der Waals surface area contributed by atoms with Gasteiger partial charge in [-0.3, -0.25) is 4.21 Å². The third kappa shape index (κ3) is 2.53. The summed E-state index contributed by atoms with van der Waals surface area (Å²) < 4.78 is 12.3. The van der Waals surface area contributed by atoms with E-state index in [0.717, 1.165) is 5.56 Å². The predicted octanol–water partition coefficient (Wildman–Crippen LogP) is 2.53. The summed E-state index contributed by atoms with van der Waals surface area (Å²) in [6.07, 6.45) is 1.61. The lowest BCUT2D eigenvalue weighted by molar-refractivity contribution is 0.673. The molecule has 2 rings (SSSR count). The Kier molecular flexibility index (Phi) is 3.54. The smallest absolute Gasteiger partial charge is 0.150 e. The lowest BCUT2D eigenvalue weighted by Gasteiger charge is -2.12. The van der Waals surface area contributed by atoms with Crippen molar-refractivity contribution in [2.24, 2.45) is 0 Å². The summed E-state index contributed by atoms with van der Waals surface area (Å²) in [5, 5.41) is 0.345. The SMILES string of the molecule is CC(c1ccccc1)S(=O)c1ncccc1N. The van der Waals surface area contributed by atoms with Gasteiger partial charge in [0.25, 0.3) is 0 Å². The van der Waals surface area contributed by atoms with Gasteiger partial charge in [0.05, 0.1) is 21.7 Å². The molecule has 0 radical (unpaired) electrons. The molecule has 1 heterocycles. The van der Waals surface area contributed by atoms with Crippen LogP contribution in [0.15, 0.2) is 53.7 Å². The van der Waals surface area contributed by atoms with Crippen LogP contribution in [0.4, 0.5) is 5.69 Å². The molecule has 88 valence electrons. The molecule has 0 aliphatic heterocycles. The maximum atomic E-state index is 12.3. The first-order chi connectivity index (χ1) is 8.20. The molecule has 0 saturated heterocycles. The van der Waals surface area contributed by atoms with Crippen LogP contribution in [0, 0.1) is 0 Å². The van der Waals surface area contributed by atoms with Gasteiger partial charge in [-0.25, -0.2) is 4.98 Å². The van der Waals surface area contributed by atoms with Crippen molar-refractivity contribution < 1.29 is 4.21 Å². The van der Waals surface area contributed by atoms with Crippen LogP contribution in [-0.4, -0.2) is 9.19 Å². The Balaban J connectivity index is 2.30. The fourth-order valence-corrected chi connectivity index (χ4v) is 2.79. The van der Waals surface area contributed by atoms with Crippen LogP contribution in [0.3, 0.4) is 0 Å². The summed E-state index contributed by atoms with van der Waals surface area (Å²) in [6.45, 7) is 1.92. The molecule has 1 aromatic carbocycles. The van der Waals surface area contributed by atoms with E-state index in [9.17, 15) is 4.21 Å². The summed E-state index contributed by atoms with van der Waals surface area (Å²) in [5.74, 6) is 0. The van der Waals surface area contributed by atoms with E-state index in [-0.39, 0.29) is 5.25 Å². The van der Waals surface area contributed by atoms with E-state index < -0.39 is 10.8 Å². The summed E-state index contributed by atoms with van der Waals surface area (Å²) in [5.41, 5.74) is 7.29. The van der Waals surface area contributed by atoms with Crippen LogP contribution in [0.2, 0.25) is 0 Å². The predicted molar refractivity (Wildman–Crippen MR) is 69.9 cm³/mol. The molecule has 0 spiro atoms. The van der Waals surface area contributed by atoms with Crippen LogP contribution in [0.5, 0.6) is 0 Å². The molecule has 17 heavy (non-hydrogen) atoms. The maximum Gasteiger partial charge on any atom is 0.150 e. The number of pyridine rings is 1. The highest BCUT2D eigenvalue weighted by Crippen LogP contribution is 2.25. The average molecular weight is 246 g/mol. The summed E-state index contributed by atoms with van der Waals surface area (Å²) in [6, 6.07) is 13.2. The van der Waals surface area contributed by atoms with Gasteiger partial charge in [-0.2, -0.15) is 0 Å². The molecule has 0 amide bonds. The molecule has 0 aliphatic rings. The van der Waals surface area contributed by atoms with Crippen molar-refractivity contribution in [1.82, 2.24) is 4.98 Å². The monoisotopic (exact) mass is 246 g/mol. The molecule has 0 bridgehead atoms. The van der Waals surface area contributed by atoms with Crippen LogP contribution in [-0.2, 0) is 10.8 Å². The minimum Gasteiger partial charge on any atom is -0.396 e. The summed E-state index contributed by atoms with van der Waals surface area (Å²) in [4.78, 5) is 4.10. The zero-order valence-corrected chi connectivity index (χ0v) is 10.4. The fourth-order valence-electron chi connectivity index (χ4n) is 1.59. The standard InChI is InChI=1S/C13H14N2OS/c1-10(11-6-3-2-4-7-11)17(16)13-12(14)8-5-9-15-13/h2-10H,14H2,1H3. The Morgan fingerprint density at radius 3 is 2.53 bits per heavy atom. The van der Waals surface area contributed by atoms with Crippen LogP contribution >= 0.6 is 0 Å². The molecule has 2 unspecified atom stereocenters. The number of nitrogen functional groups attached to an aromatic ring is 1. The molecule has 0 aliphatic carbocycles. The normalized spacial score (nSPS) is 14.2. The van der Waals surface area contributed by atoms with Gasteiger partial charge in [-0.05, 0) is 24.6 Å². The molecule has 3 nitrogen and oxygen atoms in total. The van der Waals surface area contributed by atoms with E-state index in [1.807, 2.05) is 37.3 Å². The number of benzene rings is 1. The zero-order chi connectivity index (χ0) is 12.3. The lowest BCUT2D eigenvalue weighted by atomic mass is 10.2.